The summed E-state index contributed by atoms with van der Waals surface area (Å²) in [6.07, 6.45) is -0.00715. The molecule has 1 saturated heterocycles. The Kier molecular flexibility index (Phi) is 7.41. The van der Waals surface area contributed by atoms with Crippen molar-refractivity contribution in [3.05, 3.63) is 58.6 Å². The molecule has 2 aromatic rings. The van der Waals surface area contributed by atoms with Gasteiger partial charge < -0.3 is 19.7 Å². The Bertz CT molecular complexity index is 975. The highest BCUT2D eigenvalue weighted by atomic mass is 79.9. The second-order valence-electron chi connectivity index (χ2n) is 6.84. The number of hydrogen-bond acceptors (Lipinski definition) is 6. The molecular weight excluding hydrogens is 468 g/mol. The average molecular weight is 489 g/mol. The lowest BCUT2D eigenvalue weighted by molar-refractivity contribution is -0.151. The first kappa shape index (κ1) is 22.5. The molecule has 1 aliphatic rings. The van der Waals surface area contributed by atoms with Crippen molar-refractivity contribution in [2.75, 3.05) is 30.0 Å². The van der Waals surface area contributed by atoms with Gasteiger partial charge in [0, 0.05) is 28.8 Å². The van der Waals surface area contributed by atoms with E-state index in [9.17, 15) is 19.2 Å². The summed E-state index contributed by atoms with van der Waals surface area (Å²) in [5.41, 5.74) is 1.53. The van der Waals surface area contributed by atoms with Crippen molar-refractivity contribution < 1.29 is 28.7 Å². The van der Waals surface area contributed by atoms with E-state index in [0.29, 0.717) is 16.9 Å². The van der Waals surface area contributed by atoms with Crippen LogP contribution in [0, 0.1) is 5.92 Å². The number of nitrogens with zero attached hydrogens (tertiary/aromatic N) is 1. The van der Waals surface area contributed by atoms with Crippen molar-refractivity contribution in [2.45, 2.75) is 13.3 Å². The average Bonchev–Trinajstić information content (AvgIpc) is 3.15. The first-order valence-corrected chi connectivity index (χ1v) is 10.5. The van der Waals surface area contributed by atoms with Crippen LogP contribution in [0.25, 0.3) is 0 Å². The van der Waals surface area contributed by atoms with E-state index in [-0.39, 0.29) is 25.5 Å². The summed E-state index contributed by atoms with van der Waals surface area (Å²) in [5.74, 6) is -2.41. The van der Waals surface area contributed by atoms with Crippen LogP contribution in [-0.2, 0) is 23.9 Å². The van der Waals surface area contributed by atoms with Crippen LogP contribution in [-0.4, -0.2) is 43.5 Å². The molecule has 0 unspecified atom stereocenters. The van der Waals surface area contributed by atoms with Crippen molar-refractivity contribution in [3.63, 3.8) is 0 Å². The number of halogens is 1. The van der Waals surface area contributed by atoms with Gasteiger partial charge >= 0.3 is 11.9 Å². The molecular formula is C22H21BrN2O6. The summed E-state index contributed by atoms with van der Waals surface area (Å²) < 4.78 is 10.9. The minimum atomic E-state index is -0.669. The molecule has 3 rings (SSSR count). The summed E-state index contributed by atoms with van der Waals surface area (Å²) in [4.78, 5) is 49.9. The van der Waals surface area contributed by atoms with E-state index < -0.39 is 30.4 Å². The molecule has 1 heterocycles. The van der Waals surface area contributed by atoms with Crippen molar-refractivity contribution in [1.29, 1.82) is 0 Å². The number of hydrogen-bond donors (Lipinski definition) is 1. The summed E-state index contributed by atoms with van der Waals surface area (Å²) in [5, 5.41) is 2.63. The van der Waals surface area contributed by atoms with E-state index in [4.69, 9.17) is 9.47 Å². The standard InChI is InChI=1S/C22H21BrN2O6/c1-2-30-21(28)14-3-9-18(10-4-14)25-12-15(11-20(25)27)22(29)31-13-19(26)24-17-7-5-16(23)6-8-17/h3-10,15H,2,11-13H2,1H3,(H,24,26)/t15-/m0/s1. The SMILES string of the molecule is CCOC(=O)c1ccc(N2C[C@@H](C(=O)OCC(=O)Nc3ccc(Br)cc3)CC2=O)cc1. The number of ether oxygens (including phenoxy) is 2. The van der Waals surface area contributed by atoms with Gasteiger partial charge in [-0.1, -0.05) is 15.9 Å². The Labute approximate surface area is 187 Å². The molecule has 1 aliphatic heterocycles. The molecule has 2 aromatic carbocycles. The highest BCUT2D eigenvalue weighted by Crippen LogP contribution is 2.26. The van der Waals surface area contributed by atoms with E-state index in [1.165, 1.54) is 4.90 Å². The van der Waals surface area contributed by atoms with E-state index in [0.717, 1.165) is 4.47 Å². The quantitative estimate of drug-likeness (QED) is 0.600. The lowest BCUT2D eigenvalue weighted by Crippen LogP contribution is -2.28. The molecule has 0 spiro atoms. The minimum absolute atomic E-state index is 0.00715. The van der Waals surface area contributed by atoms with Crippen LogP contribution in [0.5, 0.6) is 0 Å². The van der Waals surface area contributed by atoms with Gasteiger partial charge in [-0.15, -0.1) is 0 Å². The molecule has 0 radical (unpaired) electrons. The highest BCUT2D eigenvalue weighted by Gasteiger charge is 2.36. The zero-order valence-electron chi connectivity index (χ0n) is 16.8. The number of carbonyl (C=O) groups is 4. The predicted octanol–water partition coefficient (Wildman–Crippen LogP) is 3.16. The fraction of sp³-hybridized carbons (Fsp3) is 0.273. The van der Waals surface area contributed by atoms with Gasteiger partial charge in [0.25, 0.3) is 5.91 Å². The Hall–Kier alpha value is -3.20. The van der Waals surface area contributed by atoms with Gasteiger partial charge in [0.1, 0.15) is 0 Å². The summed E-state index contributed by atoms with van der Waals surface area (Å²) in [7, 11) is 0. The maximum Gasteiger partial charge on any atom is 0.338 e. The molecule has 1 N–H and O–H groups in total. The molecule has 1 fully saturated rings. The summed E-state index contributed by atoms with van der Waals surface area (Å²) in [6.45, 7) is 1.70. The van der Waals surface area contributed by atoms with Crippen LogP contribution in [0.2, 0.25) is 0 Å². The second kappa shape index (κ2) is 10.2. The Morgan fingerprint density at radius 2 is 1.74 bits per heavy atom. The van der Waals surface area contributed by atoms with E-state index in [1.54, 1.807) is 55.5 Å². The number of benzene rings is 2. The van der Waals surface area contributed by atoms with Gasteiger partial charge in [0.15, 0.2) is 6.61 Å². The molecule has 31 heavy (non-hydrogen) atoms. The molecule has 162 valence electrons. The van der Waals surface area contributed by atoms with Gasteiger partial charge in [-0.2, -0.15) is 0 Å². The second-order valence-corrected chi connectivity index (χ2v) is 7.75. The topological polar surface area (TPSA) is 102 Å². The zero-order chi connectivity index (χ0) is 22.4. The molecule has 8 nitrogen and oxygen atoms in total. The molecule has 0 saturated carbocycles. The number of carbonyl (C=O) groups excluding carboxylic acids is 4. The van der Waals surface area contributed by atoms with Crippen LogP contribution < -0.4 is 10.2 Å². The molecule has 0 aromatic heterocycles. The Morgan fingerprint density at radius 1 is 1.06 bits per heavy atom. The number of amides is 2. The van der Waals surface area contributed by atoms with E-state index >= 15 is 0 Å². The van der Waals surface area contributed by atoms with Gasteiger partial charge in [0.2, 0.25) is 5.91 Å². The normalized spacial score (nSPS) is 15.5. The van der Waals surface area contributed by atoms with Crippen molar-refractivity contribution in [1.82, 2.24) is 0 Å². The molecule has 9 heteroatoms. The third-order valence-corrected chi connectivity index (χ3v) is 5.15. The molecule has 2 amide bonds. The number of nitrogens with one attached hydrogen (secondary N) is 1. The van der Waals surface area contributed by atoms with Crippen LogP contribution in [0.3, 0.4) is 0 Å². The Morgan fingerprint density at radius 3 is 2.39 bits per heavy atom. The molecule has 1 atom stereocenters. The maximum absolute atomic E-state index is 12.4. The summed E-state index contributed by atoms with van der Waals surface area (Å²) in [6, 6.07) is 13.4. The fourth-order valence-corrected chi connectivity index (χ4v) is 3.36. The zero-order valence-corrected chi connectivity index (χ0v) is 18.4. The van der Waals surface area contributed by atoms with Gasteiger partial charge in [-0.3, -0.25) is 14.4 Å². The largest absolute Gasteiger partial charge is 0.462 e. The lowest BCUT2D eigenvalue weighted by Gasteiger charge is -2.17. The number of esters is 2. The smallest absolute Gasteiger partial charge is 0.338 e. The van der Waals surface area contributed by atoms with Crippen LogP contribution >= 0.6 is 15.9 Å². The minimum Gasteiger partial charge on any atom is -0.462 e. The van der Waals surface area contributed by atoms with E-state index in [1.807, 2.05) is 0 Å². The number of rotatable bonds is 7. The van der Waals surface area contributed by atoms with Crippen molar-refractivity contribution in [3.8, 4) is 0 Å². The third-order valence-electron chi connectivity index (χ3n) is 4.62. The Balaban J connectivity index is 1.52. The van der Waals surface area contributed by atoms with Crippen LogP contribution in [0.4, 0.5) is 11.4 Å². The molecule has 0 aliphatic carbocycles. The number of anilines is 2. The van der Waals surface area contributed by atoms with Crippen LogP contribution in [0.15, 0.2) is 53.0 Å². The lowest BCUT2D eigenvalue weighted by atomic mass is 10.1. The first-order chi connectivity index (χ1) is 14.9. The fourth-order valence-electron chi connectivity index (χ4n) is 3.09. The van der Waals surface area contributed by atoms with Crippen molar-refractivity contribution >= 4 is 51.1 Å². The third kappa shape index (κ3) is 5.91. The van der Waals surface area contributed by atoms with Crippen LogP contribution in [0.1, 0.15) is 23.7 Å². The first-order valence-electron chi connectivity index (χ1n) is 9.67. The highest BCUT2D eigenvalue weighted by molar-refractivity contribution is 9.10. The maximum atomic E-state index is 12.4. The monoisotopic (exact) mass is 488 g/mol. The van der Waals surface area contributed by atoms with Gasteiger partial charge in [-0.05, 0) is 55.5 Å². The summed E-state index contributed by atoms with van der Waals surface area (Å²) >= 11 is 3.31. The van der Waals surface area contributed by atoms with Gasteiger partial charge in [-0.25, -0.2) is 4.79 Å². The predicted molar refractivity (Wildman–Crippen MR) is 117 cm³/mol. The molecule has 0 bridgehead atoms. The van der Waals surface area contributed by atoms with Crippen molar-refractivity contribution in [2.24, 2.45) is 5.92 Å². The van der Waals surface area contributed by atoms with E-state index in [2.05, 4.69) is 21.2 Å². The van der Waals surface area contributed by atoms with Gasteiger partial charge in [0.05, 0.1) is 18.1 Å².